The lowest BCUT2D eigenvalue weighted by molar-refractivity contribution is -0.0699. The largest absolute Gasteiger partial charge is 0.507 e. The Bertz CT molecular complexity index is 1030. The second-order valence-corrected chi connectivity index (χ2v) is 8.56. The third-order valence-corrected chi connectivity index (χ3v) is 5.73. The zero-order chi connectivity index (χ0) is 22.0. The molecule has 2 atom stereocenters. The summed E-state index contributed by atoms with van der Waals surface area (Å²) in [5.74, 6) is 0.767. The molecule has 31 heavy (non-hydrogen) atoms. The summed E-state index contributed by atoms with van der Waals surface area (Å²) >= 11 is 6.03. The minimum absolute atomic E-state index is 0.132. The topological polar surface area (TPSA) is 70.6 Å². The molecule has 1 aliphatic heterocycles. The van der Waals surface area contributed by atoms with E-state index < -0.39 is 0 Å². The fraction of sp³-hybridized carbons (Fsp3) is 0.375. The van der Waals surface area contributed by atoms with Crippen molar-refractivity contribution in [1.82, 2.24) is 15.1 Å². The number of halogens is 1. The molecule has 2 N–H and O–H groups in total. The summed E-state index contributed by atoms with van der Waals surface area (Å²) in [6.07, 6.45) is 0.471. The second-order valence-electron chi connectivity index (χ2n) is 8.12. The minimum atomic E-state index is 0.132. The molecule has 1 fully saturated rings. The zero-order valence-electron chi connectivity index (χ0n) is 18.1. The highest BCUT2D eigenvalue weighted by atomic mass is 35.5. The van der Waals surface area contributed by atoms with Gasteiger partial charge < -0.3 is 14.6 Å². The number of aromatic nitrogens is 2. The standard InChI is InChI=1S/C24H28ClN3O3/c1-15-13-28(14-16(2)31-15)10-11-30-20-8-9-21(22(29)12-20)24-23(17(3)26-27-24)18-4-6-19(25)7-5-18/h4-9,12,15-16,29H,10-11,13-14H2,1-3H3,(H,26,27)/t15-,16+. The quantitative estimate of drug-likeness (QED) is 0.569. The molecule has 1 aromatic heterocycles. The smallest absolute Gasteiger partial charge is 0.128 e. The molecule has 0 unspecified atom stereocenters. The Morgan fingerprint density at radius 1 is 1.16 bits per heavy atom. The van der Waals surface area contributed by atoms with Crippen LogP contribution in [-0.4, -0.2) is 58.7 Å². The van der Waals surface area contributed by atoms with Gasteiger partial charge in [0.25, 0.3) is 0 Å². The number of hydrogen-bond donors (Lipinski definition) is 2. The Labute approximate surface area is 187 Å². The number of morpholine rings is 1. The molecule has 3 aromatic rings. The molecular formula is C24H28ClN3O3. The fourth-order valence-electron chi connectivity index (χ4n) is 4.15. The molecule has 4 rings (SSSR count). The summed E-state index contributed by atoms with van der Waals surface area (Å²) in [7, 11) is 0. The summed E-state index contributed by atoms with van der Waals surface area (Å²) in [5.41, 5.74) is 4.19. The number of benzene rings is 2. The number of ether oxygens (including phenoxy) is 2. The summed E-state index contributed by atoms with van der Waals surface area (Å²) in [6, 6.07) is 13.0. The lowest BCUT2D eigenvalue weighted by Gasteiger charge is -2.35. The predicted molar refractivity (Wildman–Crippen MR) is 123 cm³/mol. The fourth-order valence-corrected chi connectivity index (χ4v) is 4.28. The van der Waals surface area contributed by atoms with Gasteiger partial charge in [-0.3, -0.25) is 10.00 Å². The summed E-state index contributed by atoms with van der Waals surface area (Å²) in [6.45, 7) is 9.33. The summed E-state index contributed by atoms with van der Waals surface area (Å²) in [5, 5.41) is 18.8. The third-order valence-electron chi connectivity index (χ3n) is 5.48. The number of phenolic OH excluding ortho intramolecular Hbond substituents is 1. The number of aromatic hydroxyl groups is 1. The molecule has 0 amide bonds. The van der Waals surface area contributed by atoms with Gasteiger partial charge in [-0.1, -0.05) is 23.7 Å². The Morgan fingerprint density at radius 3 is 2.55 bits per heavy atom. The van der Waals surface area contributed by atoms with Crippen molar-refractivity contribution in [3.8, 4) is 33.9 Å². The van der Waals surface area contributed by atoms with Crippen LogP contribution in [0.2, 0.25) is 5.02 Å². The highest BCUT2D eigenvalue weighted by Crippen LogP contribution is 2.38. The van der Waals surface area contributed by atoms with Crippen LogP contribution >= 0.6 is 11.6 Å². The first-order valence-electron chi connectivity index (χ1n) is 10.6. The van der Waals surface area contributed by atoms with E-state index >= 15 is 0 Å². The number of phenols is 1. The molecular weight excluding hydrogens is 414 g/mol. The van der Waals surface area contributed by atoms with E-state index in [0.29, 0.717) is 28.6 Å². The van der Waals surface area contributed by atoms with Crippen molar-refractivity contribution < 1.29 is 14.6 Å². The number of nitrogens with one attached hydrogen (secondary N) is 1. The number of H-pyrrole nitrogens is 1. The predicted octanol–water partition coefficient (Wildman–Crippen LogP) is 4.90. The average Bonchev–Trinajstić information content (AvgIpc) is 3.09. The molecule has 0 aliphatic carbocycles. The SMILES string of the molecule is Cc1[nH]nc(-c2ccc(OCCN3C[C@@H](C)O[C@@H](C)C3)cc2O)c1-c1ccc(Cl)cc1. The van der Waals surface area contributed by atoms with Crippen LogP contribution in [0.15, 0.2) is 42.5 Å². The molecule has 6 nitrogen and oxygen atoms in total. The first-order chi connectivity index (χ1) is 14.9. The highest BCUT2D eigenvalue weighted by Gasteiger charge is 2.22. The Kier molecular flexibility index (Phi) is 6.51. The van der Waals surface area contributed by atoms with Crippen molar-refractivity contribution >= 4 is 11.6 Å². The van der Waals surface area contributed by atoms with Gasteiger partial charge in [0, 0.05) is 47.5 Å². The van der Waals surface area contributed by atoms with Crippen LogP contribution in [0.1, 0.15) is 19.5 Å². The molecule has 2 aromatic carbocycles. The monoisotopic (exact) mass is 441 g/mol. The van der Waals surface area contributed by atoms with E-state index in [1.807, 2.05) is 43.3 Å². The molecule has 0 saturated carbocycles. The van der Waals surface area contributed by atoms with Crippen LogP contribution in [0, 0.1) is 6.92 Å². The Hall–Kier alpha value is -2.54. The second kappa shape index (κ2) is 9.30. The molecule has 7 heteroatoms. The maximum Gasteiger partial charge on any atom is 0.128 e. The maximum atomic E-state index is 10.7. The molecule has 1 saturated heterocycles. The van der Waals surface area contributed by atoms with E-state index in [1.165, 1.54) is 0 Å². The molecule has 0 bridgehead atoms. The zero-order valence-corrected chi connectivity index (χ0v) is 18.8. The van der Waals surface area contributed by atoms with Crippen molar-refractivity contribution in [1.29, 1.82) is 0 Å². The van der Waals surface area contributed by atoms with Crippen LogP contribution < -0.4 is 4.74 Å². The van der Waals surface area contributed by atoms with Crippen LogP contribution in [0.3, 0.4) is 0 Å². The summed E-state index contributed by atoms with van der Waals surface area (Å²) in [4.78, 5) is 2.35. The van der Waals surface area contributed by atoms with Gasteiger partial charge in [-0.15, -0.1) is 0 Å². The molecule has 2 heterocycles. The minimum Gasteiger partial charge on any atom is -0.507 e. The van der Waals surface area contributed by atoms with Gasteiger partial charge in [0.1, 0.15) is 23.8 Å². The first-order valence-corrected chi connectivity index (χ1v) is 10.9. The van der Waals surface area contributed by atoms with Gasteiger partial charge in [-0.2, -0.15) is 5.10 Å². The maximum absolute atomic E-state index is 10.7. The first kappa shape index (κ1) is 21.7. The van der Waals surface area contributed by atoms with Crippen molar-refractivity contribution in [2.75, 3.05) is 26.2 Å². The molecule has 1 aliphatic rings. The van der Waals surface area contributed by atoms with Crippen molar-refractivity contribution in [3.05, 3.63) is 53.2 Å². The van der Waals surface area contributed by atoms with Gasteiger partial charge in [-0.05, 0) is 50.6 Å². The van der Waals surface area contributed by atoms with Gasteiger partial charge in [0.15, 0.2) is 0 Å². The third kappa shape index (κ3) is 5.03. The molecule has 0 spiro atoms. The Morgan fingerprint density at radius 2 is 1.87 bits per heavy atom. The van der Waals surface area contributed by atoms with E-state index in [1.54, 1.807) is 6.07 Å². The van der Waals surface area contributed by atoms with Gasteiger partial charge in [0.05, 0.1) is 12.2 Å². The Balaban J connectivity index is 1.47. The van der Waals surface area contributed by atoms with E-state index in [9.17, 15) is 5.11 Å². The van der Waals surface area contributed by atoms with E-state index in [2.05, 4.69) is 28.9 Å². The average molecular weight is 442 g/mol. The van der Waals surface area contributed by atoms with Gasteiger partial charge >= 0.3 is 0 Å². The van der Waals surface area contributed by atoms with E-state index in [4.69, 9.17) is 21.1 Å². The number of aromatic amines is 1. The number of rotatable bonds is 6. The lowest BCUT2D eigenvalue weighted by Crippen LogP contribution is -2.46. The normalized spacial score (nSPS) is 19.5. The molecule has 0 radical (unpaired) electrons. The van der Waals surface area contributed by atoms with Crippen LogP contribution in [-0.2, 0) is 4.74 Å². The number of nitrogens with zero attached hydrogens (tertiary/aromatic N) is 2. The van der Waals surface area contributed by atoms with E-state index in [-0.39, 0.29) is 18.0 Å². The number of aryl methyl sites for hydroxylation is 1. The van der Waals surface area contributed by atoms with Crippen molar-refractivity contribution in [3.63, 3.8) is 0 Å². The van der Waals surface area contributed by atoms with Gasteiger partial charge in [-0.25, -0.2) is 0 Å². The van der Waals surface area contributed by atoms with Crippen LogP contribution in [0.4, 0.5) is 0 Å². The lowest BCUT2D eigenvalue weighted by atomic mass is 9.99. The molecule has 164 valence electrons. The van der Waals surface area contributed by atoms with Crippen molar-refractivity contribution in [2.24, 2.45) is 0 Å². The van der Waals surface area contributed by atoms with Crippen molar-refractivity contribution in [2.45, 2.75) is 33.0 Å². The summed E-state index contributed by atoms with van der Waals surface area (Å²) < 4.78 is 11.7. The van der Waals surface area contributed by atoms with Gasteiger partial charge in [0.2, 0.25) is 0 Å². The van der Waals surface area contributed by atoms with Crippen LogP contribution in [0.25, 0.3) is 22.4 Å². The van der Waals surface area contributed by atoms with E-state index in [0.717, 1.165) is 36.5 Å². The highest BCUT2D eigenvalue weighted by molar-refractivity contribution is 6.30. The van der Waals surface area contributed by atoms with Crippen LogP contribution in [0.5, 0.6) is 11.5 Å². The number of hydrogen-bond acceptors (Lipinski definition) is 5.